The smallest absolute Gasteiger partial charge is 0.254 e. The van der Waals surface area contributed by atoms with Crippen LogP contribution in [0.5, 0.6) is 5.75 Å². The van der Waals surface area contributed by atoms with Gasteiger partial charge in [0, 0.05) is 7.05 Å². The predicted molar refractivity (Wildman–Crippen MR) is 46.3 cm³/mol. The number of halogens is 1. The van der Waals surface area contributed by atoms with Crippen molar-refractivity contribution in [3.8, 4) is 5.75 Å². The fourth-order valence-electron chi connectivity index (χ4n) is 0.940. The second-order valence-electron chi connectivity index (χ2n) is 2.36. The van der Waals surface area contributed by atoms with Gasteiger partial charge in [-0.25, -0.2) is 4.39 Å². The Morgan fingerprint density at radius 2 is 2.46 bits per heavy atom. The van der Waals surface area contributed by atoms with Gasteiger partial charge in [0.05, 0.1) is 14.0 Å². The molecule has 70 valence electrons. The minimum Gasteiger partial charge on any atom is -0.496 e. The molecule has 0 saturated carbocycles. The minimum absolute atomic E-state index is 0.0970. The van der Waals surface area contributed by atoms with Crippen molar-refractivity contribution in [1.29, 1.82) is 0 Å². The van der Waals surface area contributed by atoms with E-state index in [2.05, 4.69) is 5.32 Å². The molecule has 1 rings (SSSR count). The first-order valence-electron chi connectivity index (χ1n) is 4.33. The van der Waals surface area contributed by atoms with Crippen LogP contribution in [0.2, 0.25) is 0 Å². The van der Waals surface area contributed by atoms with E-state index in [4.69, 9.17) is 6.11 Å². The monoisotopic (exact) mass is 184 g/mol. The van der Waals surface area contributed by atoms with Crippen molar-refractivity contribution in [3.63, 3.8) is 0 Å². The maximum Gasteiger partial charge on any atom is 0.254 e. The van der Waals surface area contributed by atoms with E-state index < -0.39 is 11.7 Å². The molecule has 0 atom stereocenters. The third kappa shape index (κ3) is 1.96. The Hall–Kier alpha value is -1.58. The standard InChI is InChI=1S/C9H10FNO2/c1-11-9(12)7-5-6(10)3-4-8(7)13-2/h3-5H,1-2H3,(H,11,12)/i2D. The normalized spacial score (nSPS) is 10.5. The number of carbonyl (C=O) groups is 1. The van der Waals surface area contributed by atoms with Gasteiger partial charge in [0.25, 0.3) is 5.91 Å². The first-order chi connectivity index (χ1) is 6.69. The lowest BCUT2D eigenvalue weighted by molar-refractivity contribution is 0.0959. The molecule has 0 spiro atoms. The van der Waals surface area contributed by atoms with Gasteiger partial charge in [0.2, 0.25) is 0 Å². The molecule has 0 fully saturated rings. The Balaban J connectivity index is 3.08. The highest BCUT2D eigenvalue weighted by molar-refractivity contribution is 5.96. The lowest BCUT2D eigenvalue weighted by Crippen LogP contribution is -2.18. The SMILES string of the molecule is [2H]COc1ccc(F)cc1C(=O)NC. The fraction of sp³-hybridized carbons (Fsp3) is 0.222. The molecule has 0 unspecified atom stereocenters. The molecule has 0 radical (unpaired) electrons. The lowest BCUT2D eigenvalue weighted by atomic mass is 10.2. The summed E-state index contributed by atoms with van der Waals surface area (Å²) in [6.07, 6.45) is 0. The van der Waals surface area contributed by atoms with Crippen molar-refractivity contribution < 1.29 is 15.3 Å². The van der Waals surface area contributed by atoms with Crippen LogP contribution >= 0.6 is 0 Å². The van der Waals surface area contributed by atoms with Crippen molar-refractivity contribution in [2.75, 3.05) is 14.1 Å². The van der Waals surface area contributed by atoms with Crippen molar-refractivity contribution in [3.05, 3.63) is 29.6 Å². The summed E-state index contributed by atoms with van der Waals surface area (Å²) < 4.78 is 24.5. The zero-order valence-corrected chi connectivity index (χ0v) is 7.13. The summed E-state index contributed by atoms with van der Waals surface area (Å²) in [5.74, 6) is -0.741. The van der Waals surface area contributed by atoms with Gasteiger partial charge < -0.3 is 10.1 Å². The van der Waals surface area contributed by atoms with Gasteiger partial charge in [-0.2, -0.15) is 0 Å². The molecule has 0 aromatic heterocycles. The summed E-state index contributed by atoms with van der Waals surface area (Å²) in [5.41, 5.74) is 0.0970. The summed E-state index contributed by atoms with van der Waals surface area (Å²) in [6.45, 7) is 0. The van der Waals surface area contributed by atoms with Crippen molar-refractivity contribution in [2.24, 2.45) is 0 Å². The Morgan fingerprint density at radius 1 is 1.69 bits per heavy atom. The quantitative estimate of drug-likeness (QED) is 0.749. The molecule has 0 bridgehead atoms. The van der Waals surface area contributed by atoms with E-state index in [0.29, 0.717) is 0 Å². The molecular weight excluding hydrogens is 173 g/mol. The summed E-state index contributed by atoms with van der Waals surface area (Å²) >= 11 is 0. The van der Waals surface area contributed by atoms with Crippen LogP contribution in [0.4, 0.5) is 4.39 Å². The van der Waals surface area contributed by atoms with E-state index in [1.165, 1.54) is 19.2 Å². The topological polar surface area (TPSA) is 38.3 Å². The van der Waals surface area contributed by atoms with E-state index in [1.807, 2.05) is 0 Å². The van der Waals surface area contributed by atoms with Gasteiger partial charge in [0.1, 0.15) is 11.6 Å². The van der Waals surface area contributed by atoms with Crippen LogP contribution in [-0.4, -0.2) is 20.0 Å². The molecule has 0 aliphatic rings. The van der Waals surface area contributed by atoms with Gasteiger partial charge in [-0.1, -0.05) is 0 Å². The summed E-state index contributed by atoms with van der Waals surface area (Å²) in [7, 11) is 1.13. The molecule has 0 aliphatic carbocycles. The highest BCUT2D eigenvalue weighted by Crippen LogP contribution is 2.18. The molecule has 3 nitrogen and oxygen atoms in total. The molecular formula is C9H10FNO2. The molecule has 0 saturated heterocycles. The second kappa shape index (κ2) is 3.89. The molecule has 1 amide bonds. The first kappa shape index (κ1) is 8.04. The zero-order chi connectivity index (χ0) is 10.6. The van der Waals surface area contributed by atoms with E-state index in [1.54, 1.807) is 0 Å². The van der Waals surface area contributed by atoms with Crippen LogP contribution in [0.15, 0.2) is 18.2 Å². The Bertz CT molecular complexity index is 344. The maximum absolute atomic E-state index is 12.8. The van der Waals surface area contributed by atoms with Gasteiger partial charge in [-0.05, 0) is 18.2 Å². The minimum atomic E-state index is -0.513. The third-order valence-electron chi connectivity index (χ3n) is 1.57. The Kier molecular flexibility index (Phi) is 2.40. The number of ether oxygens (including phenoxy) is 1. The first-order valence-corrected chi connectivity index (χ1v) is 3.62. The summed E-state index contributed by atoms with van der Waals surface area (Å²) in [6, 6.07) is 3.58. The van der Waals surface area contributed by atoms with Crippen LogP contribution in [-0.2, 0) is 0 Å². The number of hydrogen-bond donors (Lipinski definition) is 1. The largest absolute Gasteiger partial charge is 0.496 e. The summed E-state index contributed by atoms with van der Waals surface area (Å²) in [5, 5.41) is 2.36. The van der Waals surface area contributed by atoms with Gasteiger partial charge in [-0.3, -0.25) is 4.79 Å². The van der Waals surface area contributed by atoms with Crippen LogP contribution in [0, 0.1) is 5.82 Å². The molecule has 1 N–H and O–H groups in total. The van der Waals surface area contributed by atoms with Crippen molar-refractivity contribution in [2.45, 2.75) is 0 Å². The average molecular weight is 184 g/mol. The number of benzene rings is 1. The average Bonchev–Trinajstić information content (AvgIpc) is 2.20. The van der Waals surface area contributed by atoms with E-state index in [0.717, 1.165) is 6.07 Å². The molecule has 0 aliphatic heterocycles. The number of nitrogens with one attached hydrogen (secondary N) is 1. The third-order valence-corrected chi connectivity index (χ3v) is 1.57. The second-order valence-corrected chi connectivity index (χ2v) is 2.36. The van der Waals surface area contributed by atoms with Crippen LogP contribution < -0.4 is 10.1 Å². The number of methoxy groups -OCH3 is 1. The number of rotatable bonds is 2. The van der Waals surface area contributed by atoms with Gasteiger partial charge in [0.15, 0.2) is 0 Å². The Labute approximate surface area is 76.9 Å². The predicted octanol–water partition coefficient (Wildman–Crippen LogP) is 1.19. The van der Waals surface area contributed by atoms with E-state index in [-0.39, 0.29) is 18.4 Å². The fourth-order valence-corrected chi connectivity index (χ4v) is 0.940. The number of amides is 1. The van der Waals surface area contributed by atoms with Crippen molar-refractivity contribution >= 4 is 5.91 Å². The van der Waals surface area contributed by atoms with Crippen LogP contribution in [0.1, 0.15) is 11.7 Å². The lowest BCUT2D eigenvalue weighted by Gasteiger charge is -2.06. The van der Waals surface area contributed by atoms with Gasteiger partial charge in [-0.15, -0.1) is 0 Å². The molecule has 13 heavy (non-hydrogen) atoms. The van der Waals surface area contributed by atoms with Crippen LogP contribution in [0.3, 0.4) is 0 Å². The van der Waals surface area contributed by atoms with E-state index >= 15 is 0 Å². The molecule has 1 aromatic rings. The van der Waals surface area contributed by atoms with Gasteiger partial charge >= 0.3 is 0 Å². The molecule has 1 aromatic carbocycles. The maximum atomic E-state index is 12.8. The van der Waals surface area contributed by atoms with Crippen molar-refractivity contribution in [1.82, 2.24) is 5.32 Å². The highest BCUT2D eigenvalue weighted by Gasteiger charge is 2.10. The van der Waals surface area contributed by atoms with E-state index in [9.17, 15) is 9.18 Å². The highest BCUT2D eigenvalue weighted by atomic mass is 19.1. The van der Waals surface area contributed by atoms with Crippen LogP contribution in [0.25, 0.3) is 0 Å². The Morgan fingerprint density at radius 3 is 3.08 bits per heavy atom. The summed E-state index contributed by atoms with van der Waals surface area (Å²) in [4.78, 5) is 11.2. The molecule has 4 heteroatoms. The molecule has 0 heterocycles. The number of carbonyl (C=O) groups excluding carboxylic acids is 1. The zero-order valence-electron chi connectivity index (χ0n) is 8.13. The number of hydrogen-bond acceptors (Lipinski definition) is 2.